The number of nitrogens with one attached hydrogen (secondary N) is 2. The Morgan fingerprint density at radius 3 is 2.48 bits per heavy atom. The predicted molar refractivity (Wildman–Crippen MR) is 122 cm³/mol. The van der Waals surface area contributed by atoms with Crippen molar-refractivity contribution in [2.24, 2.45) is 5.92 Å². The summed E-state index contributed by atoms with van der Waals surface area (Å²) in [6, 6.07) is 12.6. The molecule has 0 aliphatic carbocycles. The molecule has 2 N–H and O–H groups in total. The Kier molecular flexibility index (Phi) is 9.37. The van der Waals surface area contributed by atoms with Gasteiger partial charge in [0.2, 0.25) is 0 Å². The van der Waals surface area contributed by atoms with Crippen LogP contribution in [0.2, 0.25) is 0 Å². The number of benzene rings is 2. The molecule has 0 aliphatic rings. The number of anilines is 1. The van der Waals surface area contributed by atoms with Crippen LogP contribution in [0.5, 0.6) is 11.5 Å². The molecule has 0 radical (unpaired) electrons. The van der Waals surface area contributed by atoms with Crippen LogP contribution in [0.4, 0.5) is 5.69 Å². The van der Waals surface area contributed by atoms with Crippen LogP contribution in [0.15, 0.2) is 46.9 Å². The minimum atomic E-state index is -0.345. The zero-order valence-electron chi connectivity index (χ0n) is 16.7. The van der Waals surface area contributed by atoms with Crippen molar-refractivity contribution < 1.29 is 19.0 Å². The number of halogens is 1. The molecule has 156 valence electrons. The lowest BCUT2D eigenvalue weighted by Gasteiger charge is -2.15. The van der Waals surface area contributed by atoms with Gasteiger partial charge in [0.15, 0.2) is 5.11 Å². The molecule has 0 bridgehead atoms. The SMILES string of the molecule is COCCOc1ccc(NC(=S)NC(=O)c2cc(Br)ccc2OCC(C)C)cc1. The van der Waals surface area contributed by atoms with Crippen LogP contribution in [0.1, 0.15) is 24.2 Å². The highest BCUT2D eigenvalue weighted by Gasteiger charge is 2.15. The fourth-order valence-electron chi connectivity index (χ4n) is 2.27. The number of rotatable bonds is 9. The Hall–Kier alpha value is -2.16. The summed E-state index contributed by atoms with van der Waals surface area (Å²) in [6.45, 7) is 5.61. The van der Waals surface area contributed by atoms with Gasteiger partial charge in [-0.3, -0.25) is 10.1 Å². The molecule has 2 aromatic rings. The number of thiocarbonyl (C=S) groups is 1. The van der Waals surface area contributed by atoms with Gasteiger partial charge in [-0.15, -0.1) is 0 Å². The average Bonchev–Trinajstić information content (AvgIpc) is 2.68. The van der Waals surface area contributed by atoms with Gasteiger partial charge in [-0.1, -0.05) is 29.8 Å². The van der Waals surface area contributed by atoms with E-state index in [1.54, 1.807) is 19.2 Å². The van der Waals surface area contributed by atoms with Gasteiger partial charge >= 0.3 is 0 Å². The monoisotopic (exact) mass is 480 g/mol. The summed E-state index contributed by atoms with van der Waals surface area (Å²) in [7, 11) is 1.62. The first kappa shape index (κ1) is 23.1. The average molecular weight is 481 g/mol. The summed E-state index contributed by atoms with van der Waals surface area (Å²) in [5.41, 5.74) is 1.14. The standard InChI is InChI=1S/C21H25BrN2O4S/c1-14(2)13-28-19-9-4-15(22)12-18(19)20(25)24-21(29)23-16-5-7-17(8-6-16)27-11-10-26-3/h4-9,12,14H,10-11,13H2,1-3H3,(H2,23,24,25,29). The molecule has 2 aromatic carbocycles. The van der Waals surface area contributed by atoms with E-state index in [0.29, 0.717) is 37.1 Å². The van der Waals surface area contributed by atoms with Gasteiger partial charge < -0.3 is 19.5 Å². The van der Waals surface area contributed by atoms with E-state index in [1.165, 1.54) is 0 Å². The van der Waals surface area contributed by atoms with Gasteiger partial charge in [-0.2, -0.15) is 0 Å². The molecule has 0 heterocycles. The van der Waals surface area contributed by atoms with E-state index >= 15 is 0 Å². The second-order valence-electron chi connectivity index (χ2n) is 6.62. The van der Waals surface area contributed by atoms with Crippen molar-refractivity contribution >= 4 is 44.9 Å². The first-order valence-corrected chi connectivity index (χ1v) is 10.4. The number of carbonyl (C=O) groups is 1. The maximum atomic E-state index is 12.7. The van der Waals surface area contributed by atoms with Crippen molar-refractivity contribution in [2.75, 3.05) is 32.2 Å². The number of hydrogen-bond acceptors (Lipinski definition) is 5. The number of hydrogen-bond donors (Lipinski definition) is 2. The van der Waals surface area contributed by atoms with Gasteiger partial charge in [0.25, 0.3) is 5.91 Å². The van der Waals surface area contributed by atoms with Crippen molar-refractivity contribution in [1.82, 2.24) is 5.32 Å². The molecule has 1 amide bonds. The number of carbonyl (C=O) groups excluding carboxylic acids is 1. The molecule has 0 atom stereocenters. The third kappa shape index (κ3) is 8.00. The summed E-state index contributed by atoms with van der Waals surface area (Å²) in [6.07, 6.45) is 0. The molecule has 6 nitrogen and oxygen atoms in total. The summed E-state index contributed by atoms with van der Waals surface area (Å²) in [5, 5.41) is 5.87. The van der Waals surface area contributed by atoms with Crippen LogP contribution in [0.3, 0.4) is 0 Å². The fourth-order valence-corrected chi connectivity index (χ4v) is 2.84. The Morgan fingerprint density at radius 1 is 1.10 bits per heavy atom. The quantitative estimate of drug-likeness (QED) is 0.402. The Morgan fingerprint density at radius 2 is 1.83 bits per heavy atom. The Labute approximate surface area is 185 Å². The van der Waals surface area contributed by atoms with E-state index in [0.717, 1.165) is 15.9 Å². The highest BCUT2D eigenvalue weighted by atomic mass is 79.9. The number of methoxy groups -OCH3 is 1. The van der Waals surface area contributed by atoms with Crippen LogP contribution in [-0.4, -0.2) is 38.0 Å². The highest BCUT2D eigenvalue weighted by molar-refractivity contribution is 9.10. The zero-order chi connectivity index (χ0) is 21.2. The van der Waals surface area contributed by atoms with Crippen LogP contribution in [0, 0.1) is 5.92 Å². The van der Waals surface area contributed by atoms with Crippen LogP contribution in [0.25, 0.3) is 0 Å². The van der Waals surface area contributed by atoms with Crippen molar-refractivity contribution in [3.8, 4) is 11.5 Å². The van der Waals surface area contributed by atoms with Crippen molar-refractivity contribution in [3.05, 3.63) is 52.5 Å². The maximum Gasteiger partial charge on any atom is 0.261 e. The molecule has 0 saturated heterocycles. The second kappa shape index (κ2) is 11.7. The smallest absolute Gasteiger partial charge is 0.261 e. The van der Waals surface area contributed by atoms with Crippen LogP contribution in [-0.2, 0) is 4.74 Å². The predicted octanol–water partition coefficient (Wildman–Crippen LogP) is 4.64. The lowest BCUT2D eigenvalue weighted by Crippen LogP contribution is -2.34. The first-order valence-electron chi connectivity index (χ1n) is 9.15. The van der Waals surface area contributed by atoms with E-state index in [4.69, 9.17) is 26.4 Å². The molecule has 0 saturated carbocycles. The van der Waals surface area contributed by atoms with Gasteiger partial charge in [0, 0.05) is 17.3 Å². The molecule has 29 heavy (non-hydrogen) atoms. The second-order valence-corrected chi connectivity index (χ2v) is 7.94. The Bertz CT molecular complexity index is 828. The third-order valence-electron chi connectivity index (χ3n) is 3.65. The normalized spacial score (nSPS) is 10.5. The summed E-state index contributed by atoms with van der Waals surface area (Å²) in [5.74, 6) is 1.24. The third-order valence-corrected chi connectivity index (χ3v) is 4.35. The van der Waals surface area contributed by atoms with Gasteiger partial charge in [-0.25, -0.2) is 0 Å². The maximum absolute atomic E-state index is 12.7. The van der Waals surface area contributed by atoms with Crippen molar-refractivity contribution in [1.29, 1.82) is 0 Å². The number of ether oxygens (including phenoxy) is 3. The van der Waals surface area contributed by atoms with E-state index < -0.39 is 0 Å². The highest BCUT2D eigenvalue weighted by Crippen LogP contribution is 2.24. The molecule has 8 heteroatoms. The summed E-state index contributed by atoms with van der Waals surface area (Å²) in [4.78, 5) is 12.7. The van der Waals surface area contributed by atoms with Gasteiger partial charge in [0.1, 0.15) is 18.1 Å². The molecule has 2 rings (SSSR count). The largest absolute Gasteiger partial charge is 0.492 e. The topological polar surface area (TPSA) is 68.8 Å². The van der Waals surface area contributed by atoms with Crippen LogP contribution >= 0.6 is 28.1 Å². The van der Waals surface area contributed by atoms with E-state index in [2.05, 4.69) is 26.6 Å². The fraction of sp³-hybridized carbons (Fsp3) is 0.333. The summed E-state index contributed by atoms with van der Waals surface area (Å²) >= 11 is 8.66. The van der Waals surface area contributed by atoms with Gasteiger partial charge in [-0.05, 0) is 60.6 Å². The van der Waals surface area contributed by atoms with E-state index in [9.17, 15) is 4.79 Å². The van der Waals surface area contributed by atoms with Crippen molar-refractivity contribution in [2.45, 2.75) is 13.8 Å². The van der Waals surface area contributed by atoms with Gasteiger partial charge in [0.05, 0.1) is 18.8 Å². The van der Waals surface area contributed by atoms with Crippen LogP contribution < -0.4 is 20.1 Å². The Balaban J connectivity index is 1.96. The molecule has 0 aliphatic heterocycles. The summed E-state index contributed by atoms with van der Waals surface area (Å²) < 4.78 is 17.0. The molecular formula is C21H25BrN2O4S. The van der Waals surface area contributed by atoms with Crippen molar-refractivity contribution in [3.63, 3.8) is 0 Å². The lowest BCUT2D eigenvalue weighted by molar-refractivity contribution is 0.0973. The zero-order valence-corrected chi connectivity index (χ0v) is 19.1. The minimum Gasteiger partial charge on any atom is -0.492 e. The molecule has 0 spiro atoms. The molecular weight excluding hydrogens is 456 g/mol. The van der Waals surface area contributed by atoms with E-state index in [-0.39, 0.29) is 11.0 Å². The first-order chi connectivity index (χ1) is 13.9. The molecule has 0 unspecified atom stereocenters. The van der Waals surface area contributed by atoms with E-state index in [1.807, 2.05) is 44.2 Å². The number of amides is 1. The molecule has 0 fully saturated rings. The lowest BCUT2D eigenvalue weighted by atomic mass is 10.2. The minimum absolute atomic E-state index is 0.192. The molecule has 0 aromatic heterocycles.